The van der Waals surface area contributed by atoms with Crippen LogP contribution in [0.2, 0.25) is 0 Å². The Morgan fingerprint density at radius 1 is 0.812 bits per heavy atom. The van der Waals surface area contributed by atoms with E-state index in [-0.39, 0.29) is 11.8 Å². The van der Waals surface area contributed by atoms with Crippen LogP contribution < -0.4 is 10.0 Å². The van der Waals surface area contributed by atoms with Crippen LogP contribution in [0, 0.1) is 0 Å². The van der Waals surface area contributed by atoms with Gasteiger partial charge in [-0.25, -0.2) is 8.42 Å². The average Bonchev–Trinajstić information content (AvgIpc) is 2.71. The molecule has 0 saturated carbocycles. The van der Waals surface area contributed by atoms with E-state index in [9.17, 15) is 13.2 Å². The molecule has 1 aromatic carbocycles. The van der Waals surface area contributed by atoms with E-state index in [0.29, 0.717) is 12.2 Å². The largest absolute Gasteiger partial charge is 0.355 e. The maximum absolute atomic E-state index is 12.7. The second kappa shape index (κ2) is 15.3. The number of unbranched alkanes of at least 4 members (excludes halogenated alkanes) is 9. The number of amides is 1. The van der Waals surface area contributed by atoms with Gasteiger partial charge in [0.05, 0.1) is 5.69 Å². The molecule has 1 amide bonds. The van der Waals surface area contributed by atoms with Gasteiger partial charge < -0.3 is 5.32 Å². The summed E-state index contributed by atoms with van der Waals surface area (Å²) in [6.45, 7) is 10.9. The van der Waals surface area contributed by atoms with Crippen LogP contribution in [0.4, 0.5) is 5.69 Å². The summed E-state index contributed by atoms with van der Waals surface area (Å²) >= 11 is 0. The molecule has 0 radical (unpaired) electrons. The molecule has 1 rings (SSSR count). The number of benzene rings is 1. The van der Waals surface area contributed by atoms with Gasteiger partial charge in [0, 0.05) is 6.54 Å². The second-order valence-electron chi connectivity index (χ2n) is 9.51. The van der Waals surface area contributed by atoms with Gasteiger partial charge in [0.15, 0.2) is 0 Å². The van der Waals surface area contributed by atoms with Crippen LogP contribution in [0.1, 0.15) is 122 Å². The third-order valence-corrected chi connectivity index (χ3v) is 6.96. The molecule has 0 heterocycles. The Morgan fingerprint density at radius 3 is 1.75 bits per heavy atom. The molecule has 0 aliphatic heterocycles. The van der Waals surface area contributed by atoms with E-state index in [1.165, 1.54) is 51.4 Å². The normalized spacial score (nSPS) is 11.8. The Bertz CT molecular complexity index is 747. The molecule has 184 valence electrons. The summed E-state index contributed by atoms with van der Waals surface area (Å²) in [4.78, 5) is 12.2. The lowest BCUT2D eigenvalue weighted by atomic mass is 9.93. The lowest BCUT2D eigenvalue weighted by Crippen LogP contribution is -2.33. The van der Waals surface area contributed by atoms with Crippen molar-refractivity contribution in [3.8, 4) is 0 Å². The molecular formula is C26H46N2O3S. The van der Waals surface area contributed by atoms with Gasteiger partial charge >= 0.3 is 0 Å². The predicted octanol–water partition coefficient (Wildman–Crippen LogP) is 6.71. The molecule has 0 spiro atoms. The monoisotopic (exact) mass is 466 g/mol. The topological polar surface area (TPSA) is 75.3 Å². The maximum atomic E-state index is 12.7. The third kappa shape index (κ3) is 11.3. The third-order valence-electron chi connectivity index (χ3n) is 5.80. The van der Waals surface area contributed by atoms with Gasteiger partial charge in [-0.05, 0) is 29.4 Å². The zero-order valence-corrected chi connectivity index (χ0v) is 21.8. The number of carbonyl (C=O) groups excluding carboxylic acids is 1. The van der Waals surface area contributed by atoms with Crippen molar-refractivity contribution < 1.29 is 13.2 Å². The molecule has 0 unspecified atom stereocenters. The molecule has 0 saturated heterocycles. The van der Waals surface area contributed by atoms with Crippen molar-refractivity contribution in [1.29, 1.82) is 0 Å². The molecule has 5 nitrogen and oxygen atoms in total. The van der Waals surface area contributed by atoms with Crippen LogP contribution in [-0.4, -0.2) is 26.6 Å². The molecule has 2 N–H and O–H groups in total. The Balaban J connectivity index is 2.40. The Hall–Kier alpha value is -1.56. The predicted molar refractivity (Wildman–Crippen MR) is 137 cm³/mol. The number of hydrogen-bond acceptors (Lipinski definition) is 3. The molecule has 6 heteroatoms. The van der Waals surface area contributed by atoms with E-state index in [1.54, 1.807) is 0 Å². The van der Waals surface area contributed by atoms with Crippen LogP contribution in [0.5, 0.6) is 0 Å². The van der Waals surface area contributed by atoms with Crippen LogP contribution in [0.3, 0.4) is 0 Å². The van der Waals surface area contributed by atoms with Crippen molar-refractivity contribution in [1.82, 2.24) is 5.32 Å². The van der Waals surface area contributed by atoms with E-state index in [1.807, 2.05) is 45.9 Å². The highest BCUT2D eigenvalue weighted by Crippen LogP contribution is 2.33. The summed E-state index contributed by atoms with van der Waals surface area (Å²) in [6, 6.07) is 5.85. The molecule has 0 aliphatic carbocycles. The Kier molecular flexibility index (Phi) is 13.6. The molecule has 0 bridgehead atoms. The number of anilines is 1. The zero-order valence-electron chi connectivity index (χ0n) is 21.0. The number of hydrogen-bond donors (Lipinski definition) is 2. The van der Waals surface area contributed by atoms with E-state index in [4.69, 9.17) is 0 Å². The lowest BCUT2D eigenvalue weighted by molar-refractivity contribution is -0.118. The molecule has 0 aliphatic rings. The van der Waals surface area contributed by atoms with Crippen molar-refractivity contribution in [3.05, 3.63) is 29.3 Å². The van der Waals surface area contributed by atoms with Crippen LogP contribution in [0.25, 0.3) is 0 Å². The van der Waals surface area contributed by atoms with Gasteiger partial charge in [0.25, 0.3) is 0 Å². The highest BCUT2D eigenvalue weighted by molar-refractivity contribution is 7.93. The average molecular weight is 467 g/mol. The minimum Gasteiger partial charge on any atom is -0.355 e. The SMILES string of the molecule is CCCCCCCCCCCCNC(=O)CS(=O)(=O)Nc1c(C(C)C)cccc1C(C)C. The fourth-order valence-corrected chi connectivity index (χ4v) is 4.99. The smallest absolute Gasteiger partial charge is 0.241 e. The van der Waals surface area contributed by atoms with E-state index in [2.05, 4.69) is 17.0 Å². The first-order valence-electron chi connectivity index (χ1n) is 12.6. The van der Waals surface area contributed by atoms with Gasteiger partial charge in [0.2, 0.25) is 15.9 Å². The Morgan fingerprint density at radius 2 is 1.28 bits per heavy atom. The summed E-state index contributed by atoms with van der Waals surface area (Å²) in [6.07, 6.45) is 12.3. The van der Waals surface area contributed by atoms with Crippen molar-refractivity contribution in [2.75, 3.05) is 17.0 Å². The summed E-state index contributed by atoms with van der Waals surface area (Å²) in [5.41, 5.74) is 2.52. The van der Waals surface area contributed by atoms with Gasteiger partial charge in [-0.2, -0.15) is 0 Å². The van der Waals surface area contributed by atoms with Crippen molar-refractivity contribution in [3.63, 3.8) is 0 Å². The summed E-state index contributed by atoms with van der Waals surface area (Å²) < 4.78 is 28.1. The first kappa shape index (κ1) is 28.5. The minimum absolute atomic E-state index is 0.177. The number of rotatable bonds is 17. The second-order valence-corrected chi connectivity index (χ2v) is 11.2. The standard InChI is InChI=1S/C26H46N2O3S/c1-6-7-8-9-10-11-12-13-14-15-19-27-25(29)20-32(30,31)28-26-23(21(2)3)17-16-18-24(26)22(4)5/h16-18,21-22,28H,6-15,19-20H2,1-5H3,(H,27,29). The fraction of sp³-hybridized carbons (Fsp3) is 0.731. The van der Waals surface area contributed by atoms with E-state index in [0.717, 1.165) is 24.0 Å². The van der Waals surface area contributed by atoms with Crippen LogP contribution in [0.15, 0.2) is 18.2 Å². The minimum atomic E-state index is -3.77. The van der Waals surface area contributed by atoms with Crippen LogP contribution >= 0.6 is 0 Å². The highest BCUT2D eigenvalue weighted by Gasteiger charge is 2.21. The van der Waals surface area contributed by atoms with Crippen molar-refractivity contribution in [2.45, 2.75) is 111 Å². The molecule has 1 aromatic rings. The Labute approximate surface area is 197 Å². The molecule has 0 aromatic heterocycles. The van der Waals surface area contributed by atoms with Crippen LogP contribution in [-0.2, 0) is 14.8 Å². The summed E-state index contributed by atoms with van der Waals surface area (Å²) in [7, 11) is -3.77. The highest BCUT2D eigenvalue weighted by atomic mass is 32.2. The summed E-state index contributed by atoms with van der Waals surface area (Å²) in [5, 5.41) is 2.77. The number of carbonyl (C=O) groups is 1. The van der Waals surface area contributed by atoms with E-state index >= 15 is 0 Å². The number of nitrogens with one attached hydrogen (secondary N) is 2. The first-order chi connectivity index (χ1) is 15.2. The van der Waals surface area contributed by atoms with E-state index < -0.39 is 21.7 Å². The van der Waals surface area contributed by atoms with Gasteiger partial charge in [-0.15, -0.1) is 0 Å². The first-order valence-corrected chi connectivity index (χ1v) is 14.2. The fourth-order valence-electron chi connectivity index (χ4n) is 3.92. The van der Waals surface area contributed by atoms with Gasteiger partial charge in [-0.3, -0.25) is 9.52 Å². The molecule has 32 heavy (non-hydrogen) atoms. The number of sulfonamides is 1. The quantitative estimate of drug-likeness (QED) is 0.250. The molecule has 0 fully saturated rings. The van der Waals surface area contributed by atoms with Gasteiger partial charge in [0.1, 0.15) is 5.75 Å². The maximum Gasteiger partial charge on any atom is 0.241 e. The summed E-state index contributed by atoms with van der Waals surface area (Å²) in [5.74, 6) is -0.635. The molecular weight excluding hydrogens is 420 g/mol. The van der Waals surface area contributed by atoms with Crippen molar-refractivity contribution >= 4 is 21.6 Å². The lowest BCUT2D eigenvalue weighted by Gasteiger charge is -2.20. The van der Waals surface area contributed by atoms with Crippen molar-refractivity contribution in [2.24, 2.45) is 0 Å². The van der Waals surface area contributed by atoms with Gasteiger partial charge in [-0.1, -0.05) is 111 Å². The number of para-hydroxylation sites is 1. The zero-order chi connectivity index (χ0) is 24.0. The molecule has 0 atom stereocenters.